The molecular weight excluding hydrogens is 246 g/mol. The molecule has 106 valence electrons. The van der Waals surface area contributed by atoms with E-state index in [1.807, 2.05) is 13.1 Å². The van der Waals surface area contributed by atoms with Crippen LogP contribution in [-0.2, 0) is 0 Å². The van der Waals surface area contributed by atoms with E-state index >= 15 is 0 Å². The zero-order valence-electron chi connectivity index (χ0n) is 12.7. The number of rotatable bonds is 5. The van der Waals surface area contributed by atoms with E-state index in [1.165, 1.54) is 22.3 Å². The molecule has 0 aromatic heterocycles. The first-order valence-corrected chi connectivity index (χ1v) is 7.06. The first-order chi connectivity index (χ1) is 9.61. The van der Waals surface area contributed by atoms with E-state index < -0.39 is 0 Å². The monoisotopic (exact) mass is 269 g/mol. The summed E-state index contributed by atoms with van der Waals surface area (Å²) in [6.45, 7) is 7.14. The maximum Gasteiger partial charge on any atom is 0.136 e. The highest BCUT2D eigenvalue weighted by atomic mass is 16.5. The summed E-state index contributed by atoms with van der Waals surface area (Å²) in [5, 5.41) is 3.21. The summed E-state index contributed by atoms with van der Waals surface area (Å²) in [6.07, 6.45) is 0.0288. The Hall–Kier alpha value is -1.80. The van der Waals surface area contributed by atoms with E-state index in [0.29, 0.717) is 0 Å². The van der Waals surface area contributed by atoms with Gasteiger partial charge in [-0.1, -0.05) is 36.4 Å². The average molecular weight is 269 g/mol. The van der Waals surface area contributed by atoms with Crippen LogP contribution in [0, 0.1) is 20.8 Å². The number of benzene rings is 2. The van der Waals surface area contributed by atoms with Crippen LogP contribution in [0.4, 0.5) is 0 Å². The topological polar surface area (TPSA) is 21.3 Å². The highest BCUT2D eigenvalue weighted by Gasteiger charge is 2.14. The Morgan fingerprint density at radius 1 is 1.05 bits per heavy atom. The summed E-state index contributed by atoms with van der Waals surface area (Å²) in [7, 11) is 1.95. The van der Waals surface area contributed by atoms with Gasteiger partial charge in [-0.2, -0.15) is 0 Å². The molecule has 2 aromatic rings. The molecule has 0 aliphatic heterocycles. The molecule has 0 saturated heterocycles. The maximum absolute atomic E-state index is 6.27. The SMILES string of the molecule is CNCC(Oc1cc(C)cc(C)c1C)c1ccccc1. The second-order valence-corrected chi connectivity index (χ2v) is 5.28. The molecule has 0 aliphatic carbocycles. The summed E-state index contributed by atoms with van der Waals surface area (Å²) in [5.41, 5.74) is 4.92. The van der Waals surface area contributed by atoms with Gasteiger partial charge in [-0.25, -0.2) is 0 Å². The predicted molar refractivity (Wildman–Crippen MR) is 84.4 cm³/mol. The van der Waals surface area contributed by atoms with Crippen LogP contribution in [0.15, 0.2) is 42.5 Å². The van der Waals surface area contributed by atoms with Crippen molar-refractivity contribution in [1.29, 1.82) is 0 Å². The van der Waals surface area contributed by atoms with Crippen molar-refractivity contribution in [2.45, 2.75) is 26.9 Å². The summed E-state index contributed by atoms with van der Waals surface area (Å²) < 4.78 is 6.27. The zero-order valence-corrected chi connectivity index (χ0v) is 12.7. The van der Waals surface area contributed by atoms with Gasteiger partial charge in [0.1, 0.15) is 11.9 Å². The van der Waals surface area contributed by atoms with Crippen LogP contribution in [0.1, 0.15) is 28.4 Å². The maximum atomic E-state index is 6.27. The van der Waals surface area contributed by atoms with Crippen LogP contribution >= 0.6 is 0 Å². The van der Waals surface area contributed by atoms with Crippen molar-refractivity contribution < 1.29 is 4.74 Å². The summed E-state index contributed by atoms with van der Waals surface area (Å²) in [6, 6.07) is 14.7. The average Bonchev–Trinajstić information content (AvgIpc) is 2.44. The van der Waals surface area contributed by atoms with Gasteiger partial charge >= 0.3 is 0 Å². The summed E-state index contributed by atoms with van der Waals surface area (Å²) in [5.74, 6) is 0.978. The smallest absolute Gasteiger partial charge is 0.136 e. The molecule has 0 spiro atoms. The lowest BCUT2D eigenvalue weighted by molar-refractivity contribution is 0.203. The molecule has 0 saturated carbocycles. The minimum absolute atomic E-state index is 0.0288. The fourth-order valence-corrected chi connectivity index (χ4v) is 2.36. The molecule has 0 radical (unpaired) electrons. The number of aryl methyl sites for hydroxylation is 2. The van der Waals surface area contributed by atoms with Crippen molar-refractivity contribution in [3.05, 3.63) is 64.7 Å². The van der Waals surface area contributed by atoms with Gasteiger partial charge in [0, 0.05) is 6.54 Å². The molecule has 0 aliphatic rings. The van der Waals surface area contributed by atoms with Gasteiger partial charge in [0.05, 0.1) is 0 Å². The number of nitrogens with one attached hydrogen (secondary N) is 1. The zero-order chi connectivity index (χ0) is 14.5. The fourth-order valence-electron chi connectivity index (χ4n) is 2.36. The first-order valence-electron chi connectivity index (χ1n) is 7.06. The second kappa shape index (κ2) is 6.58. The third-order valence-electron chi connectivity index (χ3n) is 3.59. The molecule has 0 fully saturated rings. The second-order valence-electron chi connectivity index (χ2n) is 5.28. The Balaban J connectivity index is 2.29. The molecule has 2 aromatic carbocycles. The van der Waals surface area contributed by atoms with Gasteiger partial charge in [0.15, 0.2) is 0 Å². The summed E-state index contributed by atoms with van der Waals surface area (Å²) in [4.78, 5) is 0. The molecule has 2 heteroatoms. The van der Waals surface area contributed by atoms with E-state index in [1.54, 1.807) is 0 Å². The van der Waals surface area contributed by atoms with Gasteiger partial charge in [-0.3, -0.25) is 0 Å². The number of hydrogen-bond acceptors (Lipinski definition) is 2. The Bertz CT molecular complexity index is 563. The van der Waals surface area contributed by atoms with E-state index in [9.17, 15) is 0 Å². The normalized spacial score (nSPS) is 12.2. The Morgan fingerprint density at radius 2 is 1.75 bits per heavy atom. The minimum atomic E-state index is 0.0288. The Morgan fingerprint density at radius 3 is 2.40 bits per heavy atom. The molecule has 0 amide bonds. The number of ether oxygens (including phenoxy) is 1. The predicted octanol–water partition coefficient (Wildman–Crippen LogP) is 3.95. The van der Waals surface area contributed by atoms with Crippen LogP contribution in [-0.4, -0.2) is 13.6 Å². The lowest BCUT2D eigenvalue weighted by atomic mass is 10.0. The van der Waals surface area contributed by atoms with Crippen LogP contribution in [0.25, 0.3) is 0 Å². The van der Waals surface area contributed by atoms with Gasteiger partial charge in [0.25, 0.3) is 0 Å². The van der Waals surface area contributed by atoms with Crippen LogP contribution in [0.5, 0.6) is 5.75 Å². The molecule has 0 bridgehead atoms. The highest BCUT2D eigenvalue weighted by Crippen LogP contribution is 2.28. The van der Waals surface area contributed by atoms with Crippen LogP contribution in [0.2, 0.25) is 0 Å². The van der Waals surface area contributed by atoms with E-state index in [0.717, 1.165) is 12.3 Å². The Kier molecular flexibility index (Phi) is 4.80. The third-order valence-corrected chi connectivity index (χ3v) is 3.59. The highest BCUT2D eigenvalue weighted by molar-refractivity contribution is 5.42. The van der Waals surface area contributed by atoms with Crippen molar-refractivity contribution in [3.63, 3.8) is 0 Å². The molecule has 1 atom stereocenters. The molecular formula is C18H23NO. The standard InChI is InChI=1S/C18H23NO/c1-13-10-14(2)15(3)17(11-13)20-18(12-19-4)16-8-6-5-7-9-16/h5-11,18-19H,12H2,1-4H3. The first kappa shape index (κ1) is 14.6. The minimum Gasteiger partial charge on any atom is -0.484 e. The third kappa shape index (κ3) is 3.40. The molecule has 1 N–H and O–H groups in total. The molecule has 2 nitrogen and oxygen atoms in total. The quantitative estimate of drug-likeness (QED) is 0.887. The fraction of sp³-hybridized carbons (Fsp3) is 0.333. The number of hydrogen-bond donors (Lipinski definition) is 1. The van der Waals surface area contributed by atoms with Gasteiger partial charge in [-0.05, 0) is 56.1 Å². The molecule has 0 heterocycles. The van der Waals surface area contributed by atoms with Crippen molar-refractivity contribution >= 4 is 0 Å². The van der Waals surface area contributed by atoms with Gasteiger partial charge in [0.2, 0.25) is 0 Å². The van der Waals surface area contributed by atoms with Crippen LogP contribution < -0.4 is 10.1 Å². The van der Waals surface area contributed by atoms with E-state index in [-0.39, 0.29) is 6.10 Å². The molecule has 20 heavy (non-hydrogen) atoms. The molecule has 1 unspecified atom stereocenters. The van der Waals surface area contributed by atoms with Crippen LogP contribution in [0.3, 0.4) is 0 Å². The van der Waals surface area contributed by atoms with Crippen molar-refractivity contribution in [3.8, 4) is 5.75 Å². The number of likely N-dealkylation sites (N-methyl/N-ethyl adjacent to an activating group) is 1. The van der Waals surface area contributed by atoms with Crippen molar-refractivity contribution in [1.82, 2.24) is 5.32 Å². The van der Waals surface area contributed by atoms with Crippen molar-refractivity contribution in [2.75, 3.05) is 13.6 Å². The van der Waals surface area contributed by atoms with Gasteiger partial charge < -0.3 is 10.1 Å². The van der Waals surface area contributed by atoms with Crippen molar-refractivity contribution in [2.24, 2.45) is 0 Å². The summed E-state index contributed by atoms with van der Waals surface area (Å²) >= 11 is 0. The lowest BCUT2D eigenvalue weighted by Gasteiger charge is -2.21. The lowest BCUT2D eigenvalue weighted by Crippen LogP contribution is -2.22. The molecule has 2 rings (SSSR count). The Labute approximate surface area is 121 Å². The van der Waals surface area contributed by atoms with E-state index in [2.05, 4.69) is 62.5 Å². The largest absolute Gasteiger partial charge is 0.484 e. The van der Waals surface area contributed by atoms with Gasteiger partial charge in [-0.15, -0.1) is 0 Å². The van der Waals surface area contributed by atoms with E-state index in [4.69, 9.17) is 4.74 Å².